The van der Waals surface area contributed by atoms with Crippen molar-refractivity contribution in [3.05, 3.63) is 47.2 Å². The van der Waals surface area contributed by atoms with Crippen LogP contribution in [0.1, 0.15) is 5.56 Å². The second-order valence-electron chi connectivity index (χ2n) is 4.78. The van der Waals surface area contributed by atoms with Gasteiger partial charge in [-0.25, -0.2) is 13.8 Å². The first-order valence-electron chi connectivity index (χ1n) is 6.72. The van der Waals surface area contributed by atoms with Crippen molar-refractivity contribution in [2.24, 2.45) is 5.10 Å². The number of halogens is 1. The molecule has 0 radical (unpaired) electrons. The van der Waals surface area contributed by atoms with E-state index in [0.29, 0.717) is 16.3 Å². The number of amides is 1. The quantitative estimate of drug-likeness (QED) is 0.580. The molecule has 1 heterocycles. The summed E-state index contributed by atoms with van der Waals surface area (Å²) < 4.78 is 30.0. The average molecular weight is 371 g/mol. The third-order valence-electron chi connectivity index (χ3n) is 2.78. The van der Waals surface area contributed by atoms with Crippen LogP contribution in [0, 0.1) is 0 Å². The molecule has 2 rings (SSSR count). The van der Waals surface area contributed by atoms with Crippen LogP contribution in [0.2, 0.25) is 5.02 Å². The van der Waals surface area contributed by atoms with E-state index in [2.05, 4.69) is 15.6 Å². The number of hydrazone groups is 1. The minimum Gasteiger partial charge on any atom is -0.497 e. The Bertz CT molecular complexity index is 848. The molecule has 2 aromatic rings. The maximum absolute atomic E-state index is 11.9. The smallest absolute Gasteiger partial charge is 0.255 e. The normalized spacial score (nSPS) is 11.6. The molecule has 0 aliphatic rings. The van der Waals surface area contributed by atoms with Crippen molar-refractivity contribution >= 4 is 33.6 Å². The van der Waals surface area contributed by atoms with Crippen LogP contribution in [-0.2, 0) is 20.5 Å². The monoisotopic (exact) mass is 370 g/mol. The Kier molecular flexibility index (Phi) is 5.93. The van der Waals surface area contributed by atoms with Gasteiger partial charge in [-0.15, -0.1) is 0 Å². The molecule has 0 fully saturated rings. The molecule has 128 valence electrons. The van der Waals surface area contributed by atoms with Gasteiger partial charge in [-0.3, -0.25) is 9.48 Å². The summed E-state index contributed by atoms with van der Waals surface area (Å²) in [4.78, 5) is 11.7. The Labute approximate surface area is 144 Å². The van der Waals surface area contributed by atoms with Gasteiger partial charge in [-0.1, -0.05) is 23.7 Å². The maximum atomic E-state index is 11.9. The Morgan fingerprint density at radius 2 is 2.29 bits per heavy atom. The standard InChI is InChI=1S/C14H15ClN4O4S/c1-23-13-4-2-3-11(5-13)6-16-18-14(20)9-24(21,22)10-19-8-12(15)7-17-19/h2-8H,9-10H2,1H3,(H,18,20)/b16-6+. The van der Waals surface area contributed by atoms with Crippen molar-refractivity contribution in [2.75, 3.05) is 12.9 Å². The van der Waals surface area contributed by atoms with Gasteiger partial charge in [0.2, 0.25) is 0 Å². The van der Waals surface area contributed by atoms with Crippen molar-refractivity contribution in [2.45, 2.75) is 5.88 Å². The Morgan fingerprint density at radius 3 is 2.96 bits per heavy atom. The summed E-state index contributed by atoms with van der Waals surface area (Å²) in [6.07, 6.45) is 4.06. The molecule has 1 aromatic heterocycles. The fraction of sp³-hybridized carbons (Fsp3) is 0.214. The summed E-state index contributed by atoms with van der Waals surface area (Å²) >= 11 is 5.66. The average Bonchev–Trinajstić information content (AvgIpc) is 2.91. The molecule has 0 saturated heterocycles. The highest BCUT2D eigenvalue weighted by Gasteiger charge is 2.17. The fourth-order valence-electron chi connectivity index (χ4n) is 1.79. The van der Waals surface area contributed by atoms with E-state index in [1.807, 2.05) is 0 Å². The van der Waals surface area contributed by atoms with Crippen LogP contribution in [0.5, 0.6) is 5.75 Å². The summed E-state index contributed by atoms with van der Waals surface area (Å²) in [5.74, 6) is -1.25. The molecule has 0 bridgehead atoms. The van der Waals surface area contributed by atoms with Gasteiger partial charge in [-0.05, 0) is 17.7 Å². The zero-order chi connectivity index (χ0) is 17.6. The van der Waals surface area contributed by atoms with Crippen molar-refractivity contribution < 1.29 is 17.9 Å². The summed E-state index contributed by atoms with van der Waals surface area (Å²) in [5, 5.41) is 7.80. The first-order valence-corrected chi connectivity index (χ1v) is 8.92. The number of aromatic nitrogens is 2. The molecule has 1 aromatic carbocycles. The molecular weight excluding hydrogens is 356 g/mol. The summed E-state index contributed by atoms with van der Waals surface area (Å²) in [7, 11) is -2.15. The second kappa shape index (κ2) is 7.93. The summed E-state index contributed by atoms with van der Waals surface area (Å²) in [6, 6.07) is 7.01. The van der Waals surface area contributed by atoms with Gasteiger partial charge in [-0.2, -0.15) is 10.2 Å². The van der Waals surface area contributed by atoms with Crippen molar-refractivity contribution in [3.8, 4) is 5.75 Å². The van der Waals surface area contributed by atoms with Gasteiger partial charge >= 0.3 is 0 Å². The lowest BCUT2D eigenvalue weighted by Crippen LogP contribution is -2.28. The lowest BCUT2D eigenvalue weighted by molar-refractivity contribution is -0.118. The number of ether oxygens (including phenoxy) is 1. The number of carbonyl (C=O) groups excluding carboxylic acids is 1. The van der Waals surface area contributed by atoms with Crippen molar-refractivity contribution in [1.29, 1.82) is 0 Å². The number of carbonyl (C=O) groups is 1. The Hall–Kier alpha value is -2.39. The van der Waals surface area contributed by atoms with Crippen LogP contribution >= 0.6 is 11.6 Å². The molecule has 0 aliphatic carbocycles. The Balaban J connectivity index is 1.89. The largest absolute Gasteiger partial charge is 0.497 e. The highest BCUT2D eigenvalue weighted by Crippen LogP contribution is 2.10. The lowest BCUT2D eigenvalue weighted by Gasteiger charge is -2.03. The van der Waals surface area contributed by atoms with E-state index < -0.39 is 27.4 Å². The van der Waals surface area contributed by atoms with E-state index in [1.165, 1.54) is 25.7 Å². The molecule has 0 spiro atoms. The van der Waals surface area contributed by atoms with Crippen molar-refractivity contribution in [1.82, 2.24) is 15.2 Å². The van der Waals surface area contributed by atoms with E-state index in [-0.39, 0.29) is 0 Å². The zero-order valence-electron chi connectivity index (χ0n) is 12.7. The minimum atomic E-state index is -3.69. The van der Waals surface area contributed by atoms with Gasteiger partial charge in [0.05, 0.1) is 24.5 Å². The van der Waals surface area contributed by atoms with Gasteiger partial charge in [0.25, 0.3) is 5.91 Å². The number of methoxy groups -OCH3 is 1. The number of hydrogen-bond acceptors (Lipinski definition) is 6. The van der Waals surface area contributed by atoms with Crippen LogP contribution in [0.4, 0.5) is 0 Å². The topological polar surface area (TPSA) is 103 Å². The molecule has 0 aliphatic heterocycles. The highest BCUT2D eigenvalue weighted by molar-refractivity contribution is 7.91. The van der Waals surface area contributed by atoms with Gasteiger partial charge in [0.15, 0.2) is 9.84 Å². The molecule has 24 heavy (non-hydrogen) atoms. The number of benzene rings is 1. The summed E-state index contributed by atoms with van der Waals surface area (Å²) in [5.41, 5.74) is 2.87. The second-order valence-corrected chi connectivity index (χ2v) is 7.26. The summed E-state index contributed by atoms with van der Waals surface area (Å²) in [6.45, 7) is 0. The van der Waals surface area contributed by atoms with E-state index in [0.717, 1.165) is 4.68 Å². The van der Waals surface area contributed by atoms with Gasteiger partial charge < -0.3 is 4.74 Å². The first kappa shape index (κ1) is 18.0. The molecule has 0 saturated carbocycles. The molecule has 1 amide bonds. The number of rotatable bonds is 7. The molecule has 10 heteroatoms. The maximum Gasteiger partial charge on any atom is 0.255 e. The van der Waals surface area contributed by atoms with Crippen molar-refractivity contribution in [3.63, 3.8) is 0 Å². The molecule has 0 unspecified atom stereocenters. The fourth-order valence-corrected chi connectivity index (χ4v) is 3.04. The number of nitrogens with one attached hydrogen (secondary N) is 1. The third kappa shape index (κ3) is 5.67. The Morgan fingerprint density at radius 1 is 1.50 bits per heavy atom. The van der Waals surface area contributed by atoms with Gasteiger partial charge in [0, 0.05) is 6.20 Å². The van der Waals surface area contributed by atoms with Crippen LogP contribution in [0.25, 0.3) is 0 Å². The number of hydrogen-bond donors (Lipinski definition) is 1. The predicted octanol–water partition coefficient (Wildman–Crippen LogP) is 1.07. The van der Waals surface area contributed by atoms with Gasteiger partial charge in [0.1, 0.15) is 17.4 Å². The third-order valence-corrected chi connectivity index (χ3v) is 4.33. The van der Waals surface area contributed by atoms with E-state index in [9.17, 15) is 13.2 Å². The minimum absolute atomic E-state index is 0.317. The molecule has 0 atom stereocenters. The molecular formula is C14H15ClN4O4S. The zero-order valence-corrected chi connectivity index (χ0v) is 14.3. The first-order chi connectivity index (χ1) is 11.4. The van der Waals surface area contributed by atoms with E-state index in [4.69, 9.17) is 16.3 Å². The number of sulfone groups is 1. The van der Waals surface area contributed by atoms with Crippen LogP contribution in [-0.4, -0.2) is 43.2 Å². The molecule has 8 nitrogen and oxygen atoms in total. The number of nitrogens with zero attached hydrogens (tertiary/aromatic N) is 3. The van der Waals surface area contributed by atoms with Crippen LogP contribution in [0.15, 0.2) is 41.8 Å². The lowest BCUT2D eigenvalue weighted by atomic mass is 10.2. The highest BCUT2D eigenvalue weighted by atomic mass is 35.5. The SMILES string of the molecule is COc1cccc(/C=N/NC(=O)CS(=O)(=O)Cn2cc(Cl)cn2)c1. The molecule has 1 N–H and O–H groups in total. The van der Waals surface area contributed by atoms with E-state index >= 15 is 0 Å². The van der Waals surface area contributed by atoms with E-state index in [1.54, 1.807) is 24.3 Å². The predicted molar refractivity (Wildman–Crippen MR) is 89.8 cm³/mol. The van der Waals surface area contributed by atoms with Crippen LogP contribution < -0.4 is 10.2 Å². The van der Waals surface area contributed by atoms with Crippen LogP contribution in [0.3, 0.4) is 0 Å².